The molecule has 0 bridgehead atoms. The SMILES string of the molecule is CCNC(Cc1ccn(C2CCCCC2)n1)C(C)CC. The Kier molecular flexibility index (Phi) is 6.08. The molecule has 1 fully saturated rings. The van der Waals surface area contributed by atoms with Gasteiger partial charge in [0.15, 0.2) is 0 Å². The van der Waals surface area contributed by atoms with Gasteiger partial charge in [-0.1, -0.05) is 46.5 Å². The molecule has 1 heterocycles. The fourth-order valence-electron chi connectivity index (χ4n) is 3.28. The molecule has 1 N–H and O–H groups in total. The molecule has 0 amide bonds. The maximum atomic E-state index is 4.85. The van der Waals surface area contributed by atoms with Crippen molar-refractivity contribution < 1.29 is 0 Å². The van der Waals surface area contributed by atoms with Crippen molar-refractivity contribution in [3.05, 3.63) is 18.0 Å². The van der Waals surface area contributed by atoms with E-state index in [4.69, 9.17) is 5.10 Å². The first-order chi connectivity index (χ1) is 9.74. The lowest BCUT2D eigenvalue weighted by Crippen LogP contribution is -2.36. The zero-order chi connectivity index (χ0) is 14.4. The van der Waals surface area contributed by atoms with Crippen molar-refractivity contribution in [3.8, 4) is 0 Å². The van der Waals surface area contributed by atoms with Crippen molar-refractivity contribution in [2.24, 2.45) is 5.92 Å². The molecule has 2 atom stereocenters. The number of nitrogens with zero attached hydrogens (tertiary/aromatic N) is 2. The number of rotatable bonds is 7. The highest BCUT2D eigenvalue weighted by Crippen LogP contribution is 2.27. The fourth-order valence-corrected chi connectivity index (χ4v) is 3.28. The summed E-state index contributed by atoms with van der Waals surface area (Å²) in [6.45, 7) is 7.84. The van der Waals surface area contributed by atoms with Crippen LogP contribution in [-0.2, 0) is 6.42 Å². The van der Waals surface area contributed by atoms with Gasteiger partial charge in [0.05, 0.1) is 11.7 Å². The summed E-state index contributed by atoms with van der Waals surface area (Å²) in [5, 5.41) is 8.47. The number of hydrogen-bond donors (Lipinski definition) is 1. The average Bonchev–Trinajstić information content (AvgIpc) is 2.95. The minimum absolute atomic E-state index is 0.555. The number of aromatic nitrogens is 2. The molecule has 1 aromatic heterocycles. The molecule has 2 rings (SSSR count). The third-order valence-electron chi connectivity index (χ3n) is 4.84. The van der Waals surface area contributed by atoms with Crippen LogP contribution < -0.4 is 5.32 Å². The summed E-state index contributed by atoms with van der Waals surface area (Å²) in [6.07, 6.45) is 11.2. The number of nitrogens with one attached hydrogen (secondary N) is 1. The molecule has 2 unspecified atom stereocenters. The van der Waals surface area contributed by atoms with Crippen LogP contribution in [0.25, 0.3) is 0 Å². The summed E-state index contributed by atoms with van der Waals surface area (Å²) >= 11 is 0. The lowest BCUT2D eigenvalue weighted by molar-refractivity contribution is 0.324. The van der Waals surface area contributed by atoms with Crippen LogP contribution in [0.4, 0.5) is 0 Å². The minimum Gasteiger partial charge on any atom is -0.314 e. The molecular formula is C17H31N3. The van der Waals surface area contributed by atoms with E-state index in [1.165, 1.54) is 44.2 Å². The Hall–Kier alpha value is -0.830. The van der Waals surface area contributed by atoms with Crippen molar-refractivity contribution in [1.29, 1.82) is 0 Å². The van der Waals surface area contributed by atoms with Crippen LogP contribution >= 0.6 is 0 Å². The Morgan fingerprint density at radius 3 is 2.70 bits per heavy atom. The van der Waals surface area contributed by atoms with Gasteiger partial charge in [0.1, 0.15) is 0 Å². The van der Waals surface area contributed by atoms with Crippen molar-refractivity contribution in [1.82, 2.24) is 15.1 Å². The van der Waals surface area contributed by atoms with Crippen molar-refractivity contribution in [2.45, 2.75) is 77.8 Å². The second-order valence-corrected chi connectivity index (χ2v) is 6.33. The van der Waals surface area contributed by atoms with Gasteiger partial charge < -0.3 is 5.32 Å². The Morgan fingerprint density at radius 2 is 2.05 bits per heavy atom. The molecule has 1 aliphatic carbocycles. The smallest absolute Gasteiger partial charge is 0.0640 e. The molecule has 114 valence electrons. The van der Waals surface area contributed by atoms with Crippen LogP contribution in [0, 0.1) is 5.92 Å². The van der Waals surface area contributed by atoms with E-state index < -0.39 is 0 Å². The van der Waals surface area contributed by atoms with E-state index in [2.05, 4.69) is 43.0 Å². The van der Waals surface area contributed by atoms with Crippen LogP contribution in [0.15, 0.2) is 12.3 Å². The van der Waals surface area contributed by atoms with Crippen LogP contribution in [0.1, 0.15) is 71.0 Å². The minimum atomic E-state index is 0.555. The van der Waals surface area contributed by atoms with Gasteiger partial charge in [-0.05, 0) is 31.4 Å². The second kappa shape index (κ2) is 7.82. The lowest BCUT2D eigenvalue weighted by atomic mass is 9.95. The largest absolute Gasteiger partial charge is 0.314 e. The Balaban J connectivity index is 1.96. The molecule has 0 aromatic carbocycles. The van der Waals surface area contributed by atoms with Crippen LogP contribution in [0.5, 0.6) is 0 Å². The molecule has 3 heteroatoms. The predicted octanol–water partition coefficient (Wildman–Crippen LogP) is 3.96. The summed E-state index contributed by atoms with van der Waals surface area (Å²) in [6, 6.07) is 3.43. The van der Waals surface area contributed by atoms with Gasteiger partial charge >= 0.3 is 0 Å². The van der Waals surface area contributed by atoms with Gasteiger partial charge in [0.2, 0.25) is 0 Å². The van der Waals surface area contributed by atoms with Gasteiger partial charge in [-0.3, -0.25) is 4.68 Å². The first-order valence-corrected chi connectivity index (χ1v) is 8.52. The molecule has 20 heavy (non-hydrogen) atoms. The first-order valence-electron chi connectivity index (χ1n) is 8.52. The van der Waals surface area contributed by atoms with Crippen LogP contribution in [0.2, 0.25) is 0 Å². The van der Waals surface area contributed by atoms with Gasteiger partial charge in [0, 0.05) is 18.7 Å². The van der Waals surface area contributed by atoms with Crippen molar-refractivity contribution in [2.75, 3.05) is 6.54 Å². The van der Waals surface area contributed by atoms with E-state index in [1.807, 2.05) is 0 Å². The monoisotopic (exact) mass is 277 g/mol. The third kappa shape index (κ3) is 4.08. The second-order valence-electron chi connectivity index (χ2n) is 6.33. The number of likely N-dealkylation sites (N-methyl/N-ethyl adjacent to an activating group) is 1. The van der Waals surface area contributed by atoms with E-state index in [9.17, 15) is 0 Å². The summed E-state index contributed by atoms with van der Waals surface area (Å²) in [4.78, 5) is 0. The Bertz CT molecular complexity index is 379. The molecule has 3 nitrogen and oxygen atoms in total. The Morgan fingerprint density at radius 1 is 1.30 bits per heavy atom. The topological polar surface area (TPSA) is 29.9 Å². The maximum absolute atomic E-state index is 4.85. The van der Waals surface area contributed by atoms with E-state index in [0.29, 0.717) is 18.0 Å². The molecule has 1 aliphatic rings. The Labute approximate surface area is 124 Å². The predicted molar refractivity (Wildman–Crippen MR) is 85.0 cm³/mol. The summed E-state index contributed by atoms with van der Waals surface area (Å²) in [5.74, 6) is 0.704. The van der Waals surface area contributed by atoms with E-state index in [-0.39, 0.29) is 0 Å². The summed E-state index contributed by atoms with van der Waals surface area (Å²) in [7, 11) is 0. The highest BCUT2D eigenvalue weighted by atomic mass is 15.3. The van der Waals surface area contributed by atoms with Crippen LogP contribution in [-0.4, -0.2) is 22.4 Å². The lowest BCUT2D eigenvalue weighted by Gasteiger charge is -2.23. The molecular weight excluding hydrogens is 246 g/mol. The van der Waals surface area contributed by atoms with Gasteiger partial charge in [-0.2, -0.15) is 5.10 Å². The molecule has 0 aliphatic heterocycles. The first kappa shape index (κ1) is 15.6. The normalized spacial score (nSPS) is 19.9. The summed E-state index contributed by atoms with van der Waals surface area (Å²) < 4.78 is 2.23. The quantitative estimate of drug-likeness (QED) is 0.817. The maximum Gasteiger partial charge on any atom is 0.0640 e. The molecule has 1 saturated carbocycles. The van der Waals surface area contributed by atoms with E-state index in [0.717, 1.165) is 13.0 Å². The molecule has 0 spiro atoms. The fraction of sp³-hybridized carbons (Fsp3) is 0.824. The van der Waals surface area contributed by atoms with E-state index >= 15 is 0 Å². The average molecular weight is 277 g/mol. The zero-order valence-electron chi connectivity index (χ0n) is 13.4. The van der Waals surface area contributed by atoms with Crippen LogP contribution in [0.3, 0.4) is 0 Å². The standard InChI is InChI=1S/C17H31N3/c1-4-14(3)17(18-5-2)13-15-11-12-20(19-15)16-9-7-6-8-10-16/h11-12,14,16-18H,4-10,13H2,1-3H3. The highest BCUT2D eigenvalue weighted by Gasteiger charge is 2.19. The van der Waals surface area contributed by atoms with E-state index in [1.54, 1.807) is 0 Å². The molecule has 1 aromatic rings. The third-order valence-corrected chi connectivity index (χ3v) is 4.84. The van der Waals surface area contributed by atoms with Crippen molar-refractivity contribution in [3.63, 3.8) is 0 Å². The highest BCUT2D eigenvalue weighted by molar-refractivity contribution is 5.03. The molecule has 0 radical (unpaired) electrons. The van der Waals surface area contributed by atoms with Gasteiger partial charge in [-0.25, -0.2) is 0 Å². The van der Waals surface area contributed by atoms with Crippen molar-refractivity contribution >= 4 is 0 Å². The summed E-state index contributed by atoms with van der Waals surface area (Å²) in [5.41, 5.74) is 1.25. The van der Waals surface area contributed by atoms with Gasteiger partial charge in [0.25, 0.3) is 0 Å². The number of hydrogen-bond acceptors (Lipinski definition) is 2. The molecule has 0 saturated heterocycles. The van der Waals surface area contributed by atoms with Gasteiger partial charge in [-0.15, -0.1) is 0 Å². The zero-order valence-corrected chi connectivity index (χ0v) is 13.4.